The fraction of sp³-hybridized carbons (Fsp3) is 0.316. The van der Waals surface area contributed by atoms with Gasteiger partial charge in [-0.05, 0) is 36.7 Å². The van der Waals surface area contributed by atoms with Gasteiger partial charge in [0.2, 0.25) is 0 Å². The molecule has 0 heterocycles. The van der Waals surface area contributed by atoms with E-state index in [4.69, 9.17) is 0 Å². The zero-order valence-electron chi connectivity index (χ0n) is 13.5. The predicted molar refractivity (Wildman–Crippen MR) is 97.0 cm³/mol. The molecule has 22 heavy (non-hydrogen) atoms. The highest BCUT2D eigenvalue weighted by molar-refractivity contribution is 8.13. The Balaban J connectivity index is 2.10. The van der Waals surface area contributed by atoms with Crippen molar-refractivity contribution in [3.63, 3.8) is 0 Å². The average Bonchev–Trinajstić information content (AvgIpc) is 2.56. The van der Waals surface area contributed by atoms with Crippen LogP contribution in [0.1, 0.15) is 44.0 Å². The summed E-state index contributed by atoms with van der Waals surface area (Å²) in [6, 6.07) is 21.6. The number of hydrogen-bond acceptors (Lipinski definition) is 1. The number of amidine groups is 1. The Morgan fingerprint density at radius 3 is 2.05 bits per heavy atom. The Hall–Kier alpha value is -1.74. The molecular formula is C19H25N2S+. The van der Waals surface area contributed by atoms with Gasteiger partial charge < -0.3 is 0 Å². The van der Waals surface area contributed by atoms with Crippen LogP contribution in [0.3, 0.4) is 0 Å². The highest BCUT2D eigenvalue weighted by atomic mass is 32.2. The Morgan fingerprint density at radius 2 is 1.50 bits per heavy atom. The van der Waals surface area contributed by atoms with Crippen molar-refractivity contribution in [1.82, 2.24) is 5.32 Å². The molecule has 2 nitrogen and oxygen atoms in total. The van der Waals surface area contributed by atoms with Crippen molar-refractivity contribution < 1.29 is 4.99 Å². The maximum Gasteiger partial charge on any atom is 0.305 e. The van der Waals surface area contributed by atoms with Gasteiger partial charge in [-0.15, -0.1) is 0 Å². The van der Waals surface area contributed by atoms with E-state index in [-0.39, 0.29) is 12.1 Å². The van der Waals surface area contributed by atoms with Crippen molar-refractivity contribution in [2.45, 2.75) is 32.9 Å². The van der Waals surface area contributed by atoms with Crippen molar-refractivity contribution in [2.75, 3.05) is 5.75 Å². The molecule has 0 amide bonds. The van der Waals surface area contributed by atoms with Gasteiger partial charge in [0, 0.05) is 5.75 Å². The zero-order valence-corrected chi connectivity index (χ0v) is 14.4. The molecule has 0 fully saturated rings. The third-order valence-electron chi connectivity index (χ3n) is 3.58. The van der Waals surface area contributed by atoms with Crippen LogP contribution in [0.4, 0.5) is 0 Å². The van der Waals surface area contributed by atoms with Gasteiger partial charge >= 0.3 is 5.17 Å². The minimum Gasteiger partial charge on any atom is -0.262 e. The third kappa shape index (κ3) is 4.92. The van der Waals surface area contributed by atoms with Crippen LogP contribution in [0.2, 0.25) is 0 Å². The summed E-state index contributed by atoms with van der Waals surface area (Å²) in [7, 11) is 0. The molecule has 2 aromatic rings. The summed E-state index contributed by atoms with van der Waals surface area (Å²) in [6.45, 7) is 6.56. The molecule has 0 spiro atoms. The zero-order chi connectivity index (χ0) is 15.8. The van der Waals surface area contributed by atoms with Crippen LogP contribution in [0.5, 0.6) is 0 Å². The predicted octanol–water partition coefficient (Wildman–Crippen LogP) is 3.29. The monoisotopic (exact) mass is 313 g/mol. The summed E-state index contributed by atoms with van der Waals surface area (Å²) in [6.07, 6.45) is 0. The van der Waals surface area contributed by atoms with E-state index >= 15 is 0 Å². The molecule has 2 aromatic carbocycles. The van der Waals surface area contributed by atoms with Gasteiger partial charge in [-0.3, -0.25) is 10.3 Å². The average molecular weight is 313 g/mol. The van der Waals surface area contributed by atoms with E-state index < -0.39 is 0 Å². The fourth-order valence-electron chi connectivity index (χ4n) is 2.31. The van der Waals surface area contributed by atoms with Gasteiger partial charge in [-0.1, -0.05) is 67.6 Å². The van der Waals surface area contributed by atoms with Crippen molar-refractivity contribution in [1.29, 1.82) is 0 Å². The molecule has 0 unspecified atom stereocenters. The molecule has 0 bridgehead atoms. The molecule has 2 atom stereocenters. The SMILES string of the molecule is CCSC(N[C@@H](C)c1ccccc1)=[NH+][C@@H](C)c1ccccc1. The van der Waals surface area contributed by atoms with Gasteiger partial charge in [-0.2, -0.15) is 0 Å². The van der Waals surface area contributed by atoms with Crippen molar-refractivity contribution in [3.05, 3.63) is 71.8 Å². The van der Waals surface area contributed by atoms with E-state index in [9.17, 15) is 0 Å². The van der Waals surface area contributed by atoms with Gasteiger partial charge in [0.1, 0.15) is 12.1 Å². The first kappa shape index (κ1) is 16.6. The lowest BCUT2D eigenvalue weighted by Gasteiger charge is -2.12. The number of rotatable bonds is 5. The quantitative estimate of drug-likeness (QED) is 0.654. The Morgan fingerprint density at radius 1 is 0.955 bits per heavy atom. The lowest BCUT2D eigenvalue weighted by Crippen LogP contribution is -2.76. The first-order valence-electron chi connectivity index (χ1n) is 7.83. The Kier molecular flexibility index (Phi) is 6.53. The van der Waals surface area contributed by atoms with Crippen LogP contribution in [0.15, 0.2) is 60.7 Å². The fourth-order valence-corrected chi connectivity index (χ4v) is 3.12. The second-order valence-electron chi connectivity index (χ2n) is 5.32. The number of nitrogens with one attached hydrogen (secondary N) is 2. The normalized spacial score (nSPS) is 14.4. The summed E-state index contributed by atoms with van der Waals surface area (Å²) in [5.74, 6) is 1.04. The lowest BCUT2D eigenvalue weighted by atomic mass is 10.1. The maximum atomic E-state index is 3.60. The van der Waals surface area contributed by atoms with Crippen LogP contribution in [-0.2, 0) is 0 Å². The standard InChI is InChI=1S/C19H24N2S/c1-4-22-19(20-15(2)17-11-7-5-8-12-17)21-16(3)18-13-9-6-10-14-18/h5-16H,4H2,1-3H3,(H,20,21)/p+1/t15-,16-/m0/s1. The van der Waals surface area contributed by atoms with Gasteiger partial charge in [0.05, 0.1) is 0 Å². The minimum atomic E-state index is 0.283. The first-order valence-corrected chi connectivity index (χ1v) is 8.82. The summed E-state index contributed by atoms with van der Waals surface area (Å²) in [4.78, 5) is 3.60. The Labute approximate surface area is 138 Å². The molecule has 0 radical (unpaired) electrons. The molecule has 0 saturated carbocycles. The van der Waals surface area contributed by atoms with E-state index in [0.717, 1.165) is 10.9 Å². The van der Waals surface area contributed by atoms with Crippen LogP contribution >= 0.6 is 11.8 Å². The highest BCUT2D eigenvalue weighted by Gasteiger charge is 2.16. The largest absolute Gasteiger partial charge is 0.305 e. The van der Waals surface area contributed by atoms with Gasteiger partial charge in [0.25, 0.3) is 0 Å². The summed E-state index contributed by atoms with van der Waals surface area (Å²) in [5.41, 5.74) is 2.59. The summed E-state index contributed by atoms with van der Waals surface area (Å²) >= 11 is 1.82. The number of hydrogen-bond donors (Lipinski definition) is 2. The van der Waals surface area contributed by atoms with Crippen LogP contribution in [0.25, 0.3) is 0 Å². The van der Waals surface area contributed by atoms with Crippen molar-refractivity contribution in [3.8, 4) is 0 Å². The number of benzene rings is 2. The maximum absolute atomic E-state index is 3.60. The van der Waals surface area contributed by atoms with Gasteiger partial charge in [-0.25, -0.2) is 0 Å². The van der Waals surface area contributed by atoms with E-state index in [1.807, 2.05) is 11.8 Å². The number of thioether (sulfide) groups is 1. The molecule has 0 aliphatic heterocycles. The Bertz CT molecular complexity index is 581. The van der Waals surface area contributed by atoms with Crippen molar-refractivity contribution >= 4 is 16.9 Å². The summed E-state index contributed by atoms with van der Waals surface area (Å²) < 4.78 is 0. The smallest absolute Gasteiger partial charge is 0.262 e. The molecule has 0 aliphatic carbocycles. The lowest BCUT2D eigenvalue weighted by molar-refractivity contribution is -0.504. The van der Waals surface area contributed by atoms with E-state index in [1.54, 1.807) is 0 Å². The topological polar surface area (TPSA) is 26.0 Å². The van der Waals surface area contributed by atoms with Crippen LogP contribution < -0.4 is 10.3 Å². The van der Waals surface area contributed by atoms with E-state index in [0.29, 0.717) is 0 Å². The molecule has 116 valence electrons. The molecule has 0 aliphatic rings. The van der Waals surface area contributed by atoms with E-state index in [1.165, 1.54) is 11.1 Å². The minimum absolute atomic E-state index is 0.283. The highest BCUT2D eigenvalue weighted by Crippen LogP contribution is 2.13. The third-order valence-corrected chi connectivity index (χ3v) is 4.40. The van der Waals surface area contributed by atoms with Crippen LogP contribution in [0, 0.1) is 0 Å². The summed E-state index contributed by atoms with van der Waals surface area (Å²) in [5, 5.41) is 4.74. The molecule has 3 heteroatoms. The first-order chi connectivity index (χ1) is 10.7. The molecule has 2 N–H and O–H groups in total. The van der Waals surface area contributed by atoms with Crippen molar-refractivity contribution in [2.24, 2.45) is 0 Å². The molecular weight excluding hydrogens is 288 g/mol. The molecule has 0 aromatic heterocycles. The molecule has 0 saturated heterocycles. The van der Waals surface area contributed by atoms with Crippen LogP contribution in [-0.4, -0.2) is 10.9 Å². The molecule has 2 rings (SSSR count). The van der Waals surface area contributed by atoms with E-state index in [2.05, 4.69) is 91.7 Å². The second kappa shape index (κ2) is 8.64. The van der Waals surface area contributed by atoms with Gasteiger partial charge in [0.15, 0.2) is 0 Å². The second-order valence-corrected chi connectivity index (χ2v) is 6.59.